The van der Waals surface area contributed by atoms with E-state index in [2.05, 4.69) is 21.3 Å². The van der Waals surface area contributed by atoms with Crippen LogP contribution in [0.25, 0.3) is 0 Å². The smallest absolute Gasteiger partial charge is 0.490 e. The molecule has 4 aromatic carbocycles. The molecule has 0 radical (unpaired) electrons. The van der Waals surface area contributed by atoms with Crippen LogP contribution in [0.3, 0.4) is 0 Å². The molecule has 6 atom stereocenters. The number of anilines is 2. The van der Waals surface area contributed by atoms with Gasteiger partial charge in [-0.3, -0.25) is 14.1 Å². The minimum Gasteiger partial charge on any atom is -0.490 e. The zero-order chi connectivity index (χ0) is 65.1. The first kappa shape index (κ1) is 63.6. The molecule has 2 amide bonds. The highest BCUT2D eigenvalue weighted by molar-refractivity contribution is 7.89. The Morgan fingerprint density at radius 1 is 0.626 bits per heavy atom. The molecule has 2 aromatic heterocycles. The number of hydrogen-bond donors (Lipinski definition) is 0. The summed E-state index contributed by atoms with van der Waals surface area (Å²) < 4.78 is 139. The second-order valence-electron chi connectivity index (χ2n) is 25.5. The van der Waals surface area contributed by atoms with Crippen LogP contribution in [0.2, 0.25) is 0 Å². The number of hydrogen-bond acceptors (Lipinski definition) is 16. The molecular formula is C64H77F3N10O12S2+2. The number of carbonyl (C=O) groups excluding carboxylic acids is 3. The maximum Gasteiger partial charge on any atom is 0.491 e. The maximum atomic E-state index is 17.2. The topological polar surface area (TPSA) is 219 Å². The number of fused-ring (bicyclic) bond motifs is 2. The predicted molar refractivity (Wildman–Crippen MR) is 332 cm³/mol. The Balaban J connectivity index is 1.05. The number of carbonyl (C=O) groups is 3. The summed E-state index contributed by atoms with van der Waals surface area (Å²) in [5.41, 5.74) is 4.22. The van der Waals surface area contributed by atoms with Gasteiger partial charge >= 0.3 is 23.8 Å². The van der Waals surface area contributed by atoms with Gasteiger partial charge in [0.2, 0.25) is 26.5 Å². The van der Waals surface area contributed by atoms with E-state index < -0.39 is 85.3 Å². The maximum absolute atomic E-state index is 17.2. The summed E-state index contributed by atoms with van der Waals surface area (Å²) in [6, 6.07) is 20.9. The highest BCUT2D eigenvalue weighted by atomic mass is 32.2. The number of sulfonamides is 2. The van der Waals surface area contributed by atoms with Crippen LogP contribution in [-0.4, -0.2) is 200 Å². The number of halogens is 3. The van der Waals surface area contributed by atoms with Crippen molar-refractivity contribution in [3.05, 3.63) is 129 Å². The largest absolute Gasteiger partial charge is 0.491 e. The normalized spacial score (nSPS) is 24.8. The van der Waals surface area contributed by atoms with E-state index >= 15 is 34.8 Å². The Bertz CT molecular complexity index is 4080. The van der Waals surface area contributed by atoms with Crippen LogP contribution in [-0.2, 0) is 39.2 Å². The first-order valence-corrected chi connectivity index (χ1v) is 33.4. The average Bonchev–Trinajstić information content (AvgIpc) is 1.66. The van der Waals surface area contributed by atoms with E-state index in [1.165, 1.54) is 27.4 Å². The van der Waals surface area contributed by atoms with Crippen LogP contribution in [0.5, 0.6) is 11.5 Å². The fraction of sp³-hybridized carbons (Fsp3) is 0.484. The first-order valence-electron chi connectivity index (χ1n) is 30.6. The van der Waals surface area contributed by atoms with Crippen LogP contribution >= 0.6 is 0 Å². The number of ether oxygens (including phenoxy) is 3. The number of quaternary nitrogens is 2. The van der Waals surface area contributed by atoms with Crippen molar-refractivity contribution in [1.82, 2.24) is 37.7 Å². The lowest BCUT2D eigenvalue weighted by atomic mass is 9.84. The summed E-state index contributed by atoms with van der Waals surface area (Å²) in [6.45, 7) is 13.2. The molecule has 0 bridgehead atoms. The quantitative estimate of drug-likeness (QED) is 0.0650. The number of piperazine rings is 2. The molecule has 4 fully saturated rings. The van der Waals surface area contributed by atoms with Gasteiger partial charge in [0.05, 0.1) is 69.0 Å². The third kappa shape index (κ3) is 10.5. The molecule has 486 valence electrons. The van der Waals surface area contributed by atoms with Crippen molar-refractivity contribution < 1.29 is 67.6 Å². The van der Waals surface area contributed by atoms with Gasteiger partial charge < -0.3 is 42.9 Å². The van der Waals surface area contributed by atoms with E-state index in [-0.39, 0.29) is 102 Å². The molecule has 91 heavy (non-hydrogen) atoms. The lowest BCUT2D eigenvalue weighted by molar-refractivity contribution is -0.242. The van der Waals surface area contributed by atoms with Crippen LogP contribution < -0.4 is 28.2 Å². The van der Waals surface area contributed by atoms with Gasteiger partial charge in [-0.15, -0.1) is 0 Å². The number of nitrogens with zero attached hydrogens (tertiary/aromatic N) is 10. The second kappa shape index (κ2) is 23.2. The van der Waals surface area contributed by atoms with Crippen molar-refractivity contribution in [3.63, 3.8) is 0 Å². The van der Waals surface area contributed by atoms with E-state index in [1.54, 1.807) is 45.9 Å². The third-order valence-corrected chi connectivity index (χ3v) is 24.3. The van der Waals surface area contributed by atoms with Crippen LogP contribution in [0, 0.1) is 55.4 Å². The molecule has 0 spiro atoms. The summed E-state index contributed by atoms with van der Waals surface area (Å²) in [5, 5.41) is 8.00. The number of rotatable bonds is 13. The van der Waals surface area contributed by atoms with Crippen molar-refractivity contribution in [1.29, 1.82) is 0 Å². The summed E-state index contributed by atoms with van der Waals surface area (Å²) in [6.07, 6.45) is -5.27. The number of benzene rings is 4. The number of amides is 2. The van der Waals surface area contributed by atoms with Crippen molar-refractivity contribution >= 4 is 61.1 Å². The Morgan fingerprint density at radius 3 is 1.59 bits per heavy atom. The van der Waals surface area contributed by atoms with Crippen LogP contribution in [0.4, 0.5) is 35.9 Å². The molecule has 0 N–H and O–H groups in total. The average molecular weight is 1300 g/mol. The summed E-state index contributed by atoms with van der Waals surface area (Å²) >= 11 is 0. The molecule has 0 aliphatic carbocycles. The lowest BCUT2D eigenvalue weighted by Crippen LogP contribution is -2.85. The molecule has 6 aliphatic rings. The highest BCUT2D eigenvalue weighted by Gasteiger charge is 2.73. The SMILES string of the molecule is Cc1ccc(C)c([N+]2([C@H]3CN(S(=O)(=O)c4c(C)noc4C)C[C@@H]3c3ccc4c(c3)OCCN4C)CCN(C(=O)C3(OC(=O)C(F)(F)F)CN(C=O)CC[N@+]3(c3cc(C)ccc3C)[C@H]3CN(S(=O)(=O)c4c(C)noc4C)C[C@@H]3c3ccc4c(c3)OCCN4C)CC2)c1. The van der Waals surface area contributed by atoms with Crippen LogP contribution in [0.1, 0.15) is 68.1 Å². The van der Waals surface area contributed by atoms with E-state index in [9.17, 15) is 9.59 Å². The Morgan fingerprint density at radius 2 is 1.11 bits per heavy atom. The van der Waals surface area contributed by atoms with Crippen LogP contribution in [0.15, 0.2) is 91.6 Å². The molecule has 27 heteroatoms. The number of likely N-dealkylation sites (N-methyl/N-ethyl adjacent to an activating group) is 2. The van der Waals surface area contributed by atoms with Gasteiger partial charge in [0.25, 0.3) is 0 Å². The molecule has 12 rings (SSSR count). The third-order valence-electron chi connectivity index (χ3n) is 20.1. The number of aromatic nitrogens is 2. The molecule has 0 saturated carbocycles. The minimum atomic E-state index is -5.69. The van der Waals surface area contributed by atoms with Crippen molar-refractivity contribution in [2.45, 2.75) is 101 Å². The fourth-order valence-corrected chi connectivity index (χ4v) is 19.1. The van der Waals surface area contributed by atoms with Crippen molar-refractivity contribution in [3.8, 4) is 11.5 Å². The molecule has 4 saturated heterocycles. The van der Waals surface area contributed by atoms with E-state index in [4.69, 9.17) is 23.3 Å². The Hall–Kier alpha value is -7.56. The molecular weight excluding hydrogens is 1220 g/mol. The molecule has 1 unspecified atom stereocenters. The van der Waals surface area contributed by atoms with Gasteiger partial charge in [-0.2, -0.15) is 21.8 Å². The van der Waals surface area contributed by atoms with Gasteiger partial charge in [0, 0.05) is 50.4 Å². The molecule has 6 aromatic rings. The standard InChI is InChI=1S/C64H77F3N10O12S2/c1-39-11-13-41(3)53(29-39)76(55-35-74(90(81,82)59-43(5)68-88-45(59)7)33-49(55)47-15-17-51-57(31-47)85-27-22-70(51)9)24-20-73(21-25-76)61(79)63(87-62(80)64(65,66)67)37-72(38-78)19-26-77(63,54-30-40(2)12-14-42(54)4)56-36-75(91(83,84)60-44(6)69-89-46(60)8)34-50(56)48-16-18-52-58(32-48)86-28-23-71(52)10/h11-18,29-32,38,49-50,55-56H,19-28,33-37H2,1-10H3/q+2/t49-,50-,55+,56+,63?,77+/m1/s1. The van der Waals surface area contributed by atoms with Gasteiger partial charge in [-0.05, 0) is 102 Å². The van der Waals surface area contributed by atoms with E-state index in [1.807, 2.05) is 81.4 Å². The zero-order valence-corrected chi connectivity index (χ0v) is 54.4. The first-order chi connectivity index (χ1) is 43.1. The molecule has 6 aliphatic heterocycles. The number of aryl methyl sites for hydroxylation is 8. The molecule has 8 heterocycles. The Kier molecular flexibility index (Phi) is 16.2. The predicted octanol–water partition coefficient (Wildman–Crippen LogP) is 6.93. The zero-order valence-electron chi connectivity index (χ0n) is 52.7. The lowest BCUT2D eigenvalue weighted by Gasteiger charge is -2.59. The van der Waals surface area contributed by atoms with E-state index in [0.29, 0.717) is 60.9 Å². The number of esters is 1. The van der Waals surface area contributed by atoms with E-state index in [0.717, 1.165) is 38.7 Å². The van der Waals surface area contributed by atoms with Gasteiger partial charge in [0.15, 0.2) is 11.5 Å². The molecule has 22 nitrogen and oxygen atoms in total. The monoisotopic (exact) mass is 1300 g/mol. The number of alkyl halides is 3. The van der Waals surface area contributed by atoms with Crippen molar-refractivity contribution in [2.24, 2.45) is 0 Å². The minimum absolute atomic E-state index is 0.00746. The van der Waals surface area contributed by atoms with Gasteiger partial charge in [0.1, 0.15) is 95.5 Å². The van der Waals surface area contributed by atoms with Gasteiger partial charge in [-0.1, -0.05) is 46.7 Å². The summed E-state index contributed by atoms with van der Waals surface area (Å²) in [4.78, 5) is 51.5. The van der Waals surface area contributed by atoms with Crippen molar-refractivity contribution in [2.75, 3.05) is 122 Å². The summed E-state index contributed by atoms with van der Waals surface area (Å²) in [5.74, 6) is -3.98. The Labute approximate surface area is 527 Å². The van der Waals surface area contributed by atoms with Gasteiger partial charge in [-0.25, -0.2) is 26.1 Å². The second-order valence-corrected chi connectivity index (χ2v) is 29.2. The fourth-order valence-electron chi connectivity index (χ4n) is 15.6. The highest BCUT2D eigenvalue weighted by Crippen LogP contribution is 2.53. The summed E-state index contributed by atoms with van der Waals surface area (Å²) in [7, 11) is -4.97.